The summed E-state index contributed by atoms with van der Waals surface area (Å²) in [7, 11) is 0. The molecule has 0 nitrogen and oxygen atoms in total. The molecule has 0 aliphatic heterocycles. The predicted octanol–water partition coefficient (Wildman–Crippen LogP) is 17.2. The van der Waals surface area contributed by atoms with E-state index in [9.17, 15) is 0 Å². The Morgan fingerprint density at radius 1 is 0.230 bits per heavy atom. The van der Waals surface area contributed by atoms with Crippen LogP contribution >= 0.6 is 0 Å². The lowest BCUT2D eigenvalue weighted by Gasteiger charge is -2.20. The van der Waals surface area contributed by atoms with Crippen molar-refractivity contribution in [3.05, 3.63) is 241 Å². The molecule has 0 N–H and O–H groups in total. The summed E-state index contributed by atoms with van der Waals surface area (Å²) in [6.07, 6.45) is 0. The fourth-order valence-electron chi connectivity index (χ4n) is 9.29. The molecule has 0 saturated heterocycles. The van der Waals surface area contributed by atoms with Crippen LogP contribution in [0.3, 0.4) is 0 Å². The Balaban J connectivity index is 0.000000164. The van der Waals surface area contributed by atoms with Crippen LogP contribution in [0.25, 0.3) is 98.7 Å². The van der Waals surface area contributed by atoms with Crippen LogP contribution in [-0.2, 0) is 0 Å². The first-order valence-electron chi connectivity index (χ1n) is 21.3. The van der Waals surface area contributed by atoms with Gasteiger partial charge in [0.05, 0.1) is 0 Å². The lowest BCUT2D eigenvalue weighted by molar-refractivity contribution is 1.47. The van der Waals surface area contributed by atoms with Gasteiger partial charge in [-0.05, 0) is 119 Å². The number of rotatable bonds is 3. The highest BCUT2D eigenvalue weighted by Crippen LogP contribution is 2.58. The maximum Gasteiger partial charge on any atom is -0.000741 e. The smallest absolute Gasteiger partial charge is 0.000741 e. The molecule has 0 fully saturated rings. The maximum absolute atomic E-state index is 2.37. The molecule has 0 heterocycles. The Bertz CT molecular complexity index is 3200. The minimum Gasteiger partial charge on any atom is -0.0622 e. The molecule has 0 saturated carbocycles. The van der Waals surface area contributed by atoms with Gasteiger partial charge >= 0.3 is 0 Å². The van der Waals surface area contributed by atoms with E-state index in [1.807, 2.05) is 0 Å². The van der Waals surface area contributed by atoms with Gasteiger partial charge in [-0.1, -0.05) is 241 Å². The Morgan fingerprint density at radius 3 is 1.18 bits per heavy atom. The summed E-state index contributed by atoms with van der Waals surface area (Å²) in [5.74, 6) is 0. The topological polar surface area (TPSA) is 0 Å². The molecule has 0 spiro atoms. The van der Waals surface area contributed by atoms with Crippen molar-refractivity contribution in [1.29, 1.82) is 0 Å². The first kappa shape index (κ1) is 37.7. The minimum atomic E-state index is 1.26. The zero-order chi connectivity index (χ0) is 41.3. The summed E-state index contributed by atoms with van der Waals surface area (Å²) in [4.78, 5) is 0. The van der Waals surface area contributed by atoms with Gasteiger partial charge < -0.3 is 0 Å². The first-order chi connectivity index (χ1) is 30.0. The van der Waals surface area contributed by atoms with Crippen LogP contribution in [-0.4, -0.2) is 0 Å². The third kappa shape index (κ3) is 7.17. The molecule has 61 heavy (non-hydrogen) atoms. The van der Waals surface area contributed by atoms with E-state index in [1.54, 1.807) is 0 Å². The number of benzene rings is 11. The van der Waals surface area contributed by atoms with Crippen LogP contribution in [0, 0.1) is 20.8 Å². The highest BCUT2D eigenvalue weighted by molar-refractivity contribution is 6.28. The summed E-state index contributed by atoms with van der Waals surface area (Å²) in [5, 5.41) is 10.6. The van der Waals surface area contributed by atoms with Gasteiger partial charge in [0.15, 0.2) is 0 Å². The van der Waals surface area contributed by atoms with Gasteiger partial charge in [-0.3, -0.25) is 0 Å². The number of fused-ring (bicyclic) bond motifs is 6. The molecule has 1 aliphatic carbocycles. The zero-order valence-corrected chi connectivity index (χ0v) is 34.9. The molecule has 12 rings (SSSR count). The van der Waals surface area contributed by atoms with Gasteiger partial charge in [-0.15, -0.1) is 0 Å². The monoisotopic (exact) mass is 778 g/mol. The van der Waals surface area contributed by atoms with E-state index in [0.717, 1.165) is 0 Å². The number of aryl methyl sites for hydroxylation is 3. The standard InChI is InChI=1S/C39H26.2C11H10/c1-25-12-10-17-28(24-25)29-22-23-34-37-30(29)20-11-21-33(37)38-35(26-13-4-2-5-14-26)31-18-8-9-19-32(31)36(39(34)38)27-15-6-3-7-16-27;2*1-9-6-7-10-4-2-3-5-11(10)8-9/h2-24H,1H3;2*2-8H,1H3. The molecular weight excluding hydrogens is 733 g/mol. The average Bonchev–Trinajstić information content (AvgIpc) is 3.63. The van der Waals surface area contributed by atoms with Gasteiger partial charge in [-0.2, -0.15) is 0 Å². The summed E-state index contributed by atoms with van der Waals surface area (Å²) < 4.78 is 0. The maximum atomic E-state index is 2.37. The fraction of sp³-hybridized carbons (Fsp3) is 0.0492. The third-order valence-corrected chi connectivity index (χ3v) is 12.1. The average molecular weight is 779 g/mol. The molecule has 0 atom stereocenters. The van der Waals surface area contributed by atoms with Crippen LogP contribution in [0.5, 0.6) is 0 Å². The van der Waals surface area contributed by atoms with Crippen LogP contribution in [0.2, 0.25) is 0 Å². The SMILES string of the molecule is Cc1ccc2ccccc2c1.Cc1ccc2ccccc2c1.Cc1cccc(-c2ccc3c4c(cccc24)-c2c-3c(-c3ccccc3)c3ccccc3c2-c2ccccc2)c1. The molecule has 290 valence electrons. The van der Waals surface area contributed by atoms with Crippen molar-refractivity contribution >= 4 is 43.1 Å². The second-order valence-corrected chi connectivity index (χ2v) is 16.2. The number of hydrogen-bond acceptors (Lipinski definition) is 0. The molecular formula is C61H46. The van der Waals surface area contributed by atoms with Crippen molar-refractivity contribution in [2.75, 3.05) is 0 Å². The molecule has 0 bridgehead atoms. The summed E-state index contributed by atoms with van der Waals surface area (Å²) in [6.45, 7) is 6.40. The molecule has 0 unspecified atom stereocenters. The quantitative estimate of drug-likeness (QED) is 0.168. The van der Waals surface area contributed by atoms with E-state index in [4.69, 9.17) is 0 Å². The second-order valence-electron chi connectivity index (χ2n) is 16.2. The number of hydrogen-bond donors (Lipinski definition) is 0. The predicted molar refractivity (Wildman–Crippen MR) is 264 cm³/mol. The molecule has 0 heteroatoms. The first-order valence-corrected chi connectivity index (χ1v) is 21.3. The van der Waals surface area contributed by atoms with Crippen molar-refractivity contribution in [2.24, 2.45) is 0 Å². The third-order valence-electron chi connectivity index (χ3n) is 12.1. The lowest BCUT2D eigenvalue weighted by atomic mass is 9.82. The van der Waals surface area contributed by atoms with Gasteiger partial charge in [0.2, 0.25) is 0 Å². The van der Waals surface area contributed by atoms with E-state index in [2.05, 4.69) is 245 Å². The summed E-state index contributed by atoms with van der Waals surface area (Å²) in [6, 6.07) is 81.0. The van der Waals surface area contributed by atoms with Gasteiger partial charge in [0.1, 0.15) is 0 Å². The normalized spacial score (nSPS) is 11.2. The van der Waals surface area contributed by atoms with Gasteiger partial charge in [0.25, 0.3) is 0 Å². The van der Waals surface area contributed by atoms with Crippen molar-refractivity contribution in [3.8, 4) is 55.6 Å². The van der Waals surface area contributed by atoms with Crippen molar-refractivity contribution in [2.45, 2.75) is 20.8 Å². The summed E-state index contributed by atoms with van der Waals surface area (Å²) >= 11 is 0. The van der Waals surface area contributed by atoms with Crippen molar-refractivity contribution in [1.82, 2.24) is 0 Å². The highest BCUT2D eigenvalue weighted by atomic mass is 14.3. The lowest BCUT2D eigenvalue weighted by Crippen LogP contribution is -1.93. The molecule has 0 radical (unpaired) electrons. The molecule has 0 aromatic heterocycles. The van der Waals surface area contributed by atoms with Crippen LogP contribution in [0.4, 0.5) is 0 Å². The van der Waals surface area contributed by atoms with Gasteiger partial charge in [-0.25, -0.2) is 0 Å². The Hall–Kier alpha value is -7.54. The molecule has 11 aromatic rings. The van der Waals surface area contributed by atoms with Crippen LogP contribution < -0.4 is 0 Å². The van der Waals surface area contributed by atoms with E-state index < -0.39 is 0 Å². The van der Waals surface area contributed by atoms with Crippen molar-refractivity contribution < 1.29 is 0 Å². The molecule has 11 aromatic carbocycles. The van der Waals surface area contributed by atoms with Crippen LogP contribution in [0.15, 0.2) is 224 Å². The second kappa shape index (κ2) is 16.3. The largest absolute Gasteiger partial charge is 0.0622 e. The van der Waals surface area contributed by atoms with Crippen molar-refractivity contribution in [3.63, 3.8) is 0 Å². The zero-order valence-electron chi connectivity index (χ0n) is 34.9. The van der Waals surface area contributed by atoms with Gasteiger partial charge in [0, 0.05) is 0 Å². The molecule has 0 amide bonds. The van der Waals surface area contributed by atoms with E-state index in [0.29, 0.717) is 0 Å². The van der Waals surface area contributed by atoms with E-state index in [-0.39, 0.29) is 0 Å². The van der Waals surface area contributed by atoms with Crippen LogP contribution in [0.1, 0.15) is 16.7 Å². The van der Waals surface area contributed by atoms with E-state index in [1.165, 1.54) is 115 Å². The highest BCUT2D eigenvalue weighted by Gasteiger charge is 2.31. The fourth-order valence-corrected chi connectivity index (χ4v) is 9.29. The molecule has 1 aliphatic rings. The Kier molecular flexibility index (Phi) is 10.0. The van der Waals surface area contributed by atoms with E-state index >= 15 is 0 Å². The Labute approximate surface area is 359 Å². The Morgan fingerprint density at radius 2 is 0.639 bits per heavy atom. The summed E-state index contributed by atoms with van der Waals surface area (Å²) in [5.41, 5.74) is 17.0. The minimum absolute atomic E-state index is 1.26.